The lowest BCUT2D eigenvalue weighted by atomic mass is 10.0. The van der Waals surface area contributed by atoms with Crippen molar-refractivity contribution in [1.82, 2.24) is 4.90 Å². The van der Waals surface area contributed by atoms with Gasteiger partial charge in [-0.1, -0.05) is 11.6 Å². The predicted octanol–water partition coefficient (Wildman–Crippen LogP) is 3.82. The Bertz CT molecular complexity index is 839. The van der Waals surface area contributed by atoms with Crippen molar-refractivity contribution in [3.63, 3.8) is 0 Å². The van der Waals surface area contributed by atoms with Gasteiger partial charge < -0.3 is 24.6 Å². The molecular weight excluding hydrogens is 426 g/mol. The van der Waals surface area contributed by atoms with Gasteiger partial charge >= 0.3 is 12.2 Å². The number of nitrogens with one attached hydrogen (secondary N) is 1. The third kappa shape index (κ3) is 9.00. The fourth-order valence-electron chi connectivity index (χ4n) is 2.47. The molecule has 1 aromatic rings. The SMILES string of the molecule is CC(C)(C)OC(=O)Nc1cc(C#N)cc(C(O)CN(CCO)C(=O)OC(C)(C)C)c1Cl. The van der Waals surface area contributed by atoms with Gasteiger partial charge in [0.25, 0.3) is 0 Å². The van der Waals surface area contributed by atoms with E-state index in [9.17, 15) is 25.1 Å². The monoisotopic (exact) mass is 455 g/mol. The molecule has 1 rings (SSSR count). The molecular formula is C21H30ClN3O6. The van der Waals surface area contributed by atoms with Crippen LogP contribution in [0.1, 0.15) is 58.8 Å². The number of carbonyl (C=O) groups excluding carboxylic acids is 2. The number of amides is 2. The summed E-state index contributed by atoms with van der Waals surface area (Å²) in [6.07, 6.45) is -2.82. The van der Waals surface area contributed by atoms with Gasteiger partial charge in [-0.25, -0.2) is 9.59 Å². The van der Waals surface area contributed by atoms with Crippen molar-refractivity contribution >= 4 is 29.5 Å². The van der Waals surface area contributed by atoms with Crippen LogP contribution in [0.3, 0.4) is 0 Å². The molecule has 0 aliphatic carbocycles. The van der Waals surface area contributed by atoms with Crippen LogP contribution in [0, 0.1) is 11.3 Å². The third-order valence-electron chi connectivity index (χ3n) is 3.64. The van der Waals surface area contributed by atoms with Crippen LogP contribution in [0.2, 0.25) is 5.02 Å². The quantitative estimate of drug-likeness (QED) is 0.593. The van der Waals surface area contributed by atoms with Crippen LogP contribution >= 0.6 is 11.6 Å². The number of hydrogen-bond donors (Lipinski definition) is 3. The van der Waals surface area contributed by atoms with E-state index in [1.165, 1.54) is 12.1 Å². The Morgan fingerprint density at radius 2 is 1.77 bits per heavy atom. The van der Waals surface area contributed by atoms with Crippen molar-refractivity contribution in [1.29, 1.82) is 5.26 Å². The van der Waals surface area contributed by atoms with Crippen LogP contribution in [0.15, 0.2) is 12.1 Å². The highest BCUT2D eigenvalue weighted by atomic mass is 35.5. The maximum Gasteiger partial charge on any atom is 0.412 e. The van der Waals surface area contributed by atoms with Crippen molar-refractivity contribution in [3.8, 4) is 6.07 Å². The first-order valence-corrected chi connectivity index (χ1v) is 10.0. The average molecular weight is 456 g/mol. The topological polar surface area (TPSA) is 132 Å². The lowest BCUT2D eigenvalue weighted by Crippen LogP contribution is -2.40. The van der Waals surface area contributed by atoms with Crippen molar-refractivity contribution in [2.75, 3.05) is 25.0 Å². The number of ether oxygens (including phenoxy) is 2. The summed E-state index contributed by atoms with van der Waals surface area (Å²) in [5, 5.41) is 31.8. The van der Waals surface area contributed by atoms with Crippen molar-refractivity contribution in [2.45, 2.75) is 58.8 Å². The summed E-state index contributed by atoms with van der Waals surface area (Å²) >= 11 is 6.37. The maximum absolute atomic E-state index is 12.4. The molecule has 0 aromatic heterocycles. The van der Waals surface area contributed by atoms with E-state index in [-0.39, 0.29) is 41.5 Å². The van der Waals surface area contributed by atoms with Crippen LogP contribution < -0.4 is 5.32 Å². The molecule has 0 saturated carbocycles. The largest absolute Gasteiger partial charge is 0.444 e. The van der Waals surface area contributed by atoms with Crippen molar-refractivity contribution < 1.29 is 29.3 Å². The summed E-state index contributed by atoms with van der Waals surface area (Å²) in [7, 11) is 0. The van der Waals surface area contributed by atoms with Gasteiger partial charge in [0.05, 0.1) is 41.6 Å². The van der Waals surface area contributed by atoms with Crippen molar-refractivity contribution in [3.05, 3.63) is 28.3 Å². The average Bonchev–Trinajstić information content (AvgIpc) is 2.59. The molecule has 0 heterocycles. The Morgan fingerprint density at radius 1 is 1.19 bits per heavy atom. The van der Waals surface area contributed by atoms with Gasteiger partial charge in [0.1, 0.15) is 11.2 Å². The molecule has 3 N–H and O–H groups in total. The number of hydrogen-bond acceptors (Lipinski definition) is 7. The number of nitriles is 1. The van der Waals surface area contributed by atoms with Gasteiger partial charge in [-0.3, -0.25) is 5.32 Å². The van der Waals surface area contributed by atoms with E-state index in [0.29, 0.717) is 0 Å². The van der Waals surface area contributed by atoms with Gasteiger partial charge in [0, 0.05) is 12.1 Å². The van der Waals surface area contributed by atoms with Crippen molar-refractivity contribution in [2.24, 2.45) is 0 Å². The molecule has 2 amide bonds. The summed E-state index contributed by atoms with van der Waals surface area (Å²) in [4.78, 5) is 25.6. The smallest absolute Gasteiger partial charge is 0.412 e. The minimum Gasteiger partial charge on any atom is -0.444 e. The second kappa shape index (κ2) is 10.7. The molecule has 10 heteroatoms. The highest BCUT2D eigenvalue weighted by Crippen LogP contribution is 2.33. The molecule has 0 aliphatic rings. The second-order valence-electron chi connectivity index (χ2n) is 8.83. The number of aliphatic hydroxyl groups is 2. The van der Waals surface area contributed by atoms with Gasteiger partial charge in [-0.15, -0.1) is 0 Å². The zero-order valence-corrected chi connectivity index (χ0v) is 19.4. The van der Waals surface area contributed by atoms with E-state index in [4.69, 9.17) is 21.1 Å². The zero-order chi connectivity index (χ0) is 24.0. The van der Waals surface area contributed by atoms with Crippen LogP contribution in [-0.2, 0) is 9.47 Å². The van der Waals surface area contributed by atoms with Crippen LogP contribution in [0.25, 0.3) is 0 Å². The van der Waals surface area contributed by atoms with E-state index in [1.807, 2.05) is 6.07 Å². The number of rotatable bonds is 6. The van der Waals surface area contributed by atoms with E-state index in [2.05, 4.69) is 5.32 Å². The first-order valence-electron chi connectivity index (χ1n) is 9.67. The van der Waals surface area contributed by atoms with Gasteiger partial charge in [0.15, 0.2) is 0 Å². The maximum atomic E-state index is 12.4. The van der Waals surface area contributed by atoms with Crippen LogP contribution in [0.4, 0.5) is 15.3 Å². The summed E-state index contributed by atoms with van der Waals surface area (Å²) < 4.78 is 10.5. The fourth-order valence-corrected chi connectivity index (χ4v) is 2.75. The standard InChI is InChI=1S/C21H30ClN3O6/c1-20(2,3)30-18(28)24-15-10-13(11-23)9-14(17(15)22)16(27)12-25(7-8-26)19(29)31-21(4,5)6/h9-10,16,26-27H,7-8,12H2,1-6H3,(H,24,28). The molecule has 0 radical (unpaired) electrons. The summed E-state index contributed by atoms with van der Waals surface area (Å²) in [6.45, 7) is 9.50. The molecule has 1 aromatic carbocycles. The third-order valence-corrected chi connectivity index (χ3v) is 4.06. The zero-order valence-electron chi connectivity index (χ0n) is 18.7. The number of benzene rings is 1. The Morgan fingerprint density at radius 3 is 2.26 bits per heavy atom. The number of nitrogens with zero attached hydrogens (tertiary/aromatic N) is 2. The Hall–Kier alpha value is -2.54. The van der Waals surface area contributed by atoms with Crippen LogP contribution in [-0.4, -0.2) is 58.2 Å². The van der Waals surface area contributed by atoms with Gasteiger partial charge in [-0.05, 0) is 53.7 Å². The summed E-state index contributed by atoms with van der Waals surface area (Å²) in [5.74, 6) is 0. The van der Waals surface area contributed by atoms with Gasteiger partial charge in [-0.2, -0.15) is 5.26 Å². The molecule has 9 nitrogen and oxygen atoms in total. The van der Waals surface area contributed by atoms with E-state index in [0.717, 1.165) is 4.90 Å². The summed E-state index contributed by atoms with van der Waals surface area (Å²) in [5.41, 5.74) is -1.17. The molecule has 0 fully saturated rings. The molecule has 1 atom stereocenters. The summed E-state index contributed by atoms with van der Waals surface area (Å²) in [6, 6.07) is 4.65. The molecule has 1 unspecified atom stereocenters. The van der Waals surface area contributed by atoms with Gasteiger partial charge in [0.2, 0.25) is 0 Å². The molecule has 0 spiro atoms. The number of carbonyl (C=O) groups is 2. The Balaban J connectivity index is 3.17. The first kappa shape index (κ1) is 26.5. The fraction of sp³-hybridized carbons (Fsp3) is 0.571. The number of halogens is 1. The second-order valence-corrected chi connectivity index (χ2v) is 9.21. The molecule has 31 heavy (non-hydrogen) atoms. The van der Waals surface area contributed by atoms with E-state index >= 15 is 0 Å². The van der Waals surface area contributed by atoms with Crippen LogP contribution in [0.5, 0.6) is 0 Å². The Kier molecular flexibility index (Phi) is 9.11. The Labute approximate surface area is 187 Å². The molecule has 172 valence electrons. The highest BCUT2D eigenvalue weighted by molar-refractivity contribution is 6.34. The number of aliphatic hydroxyl groups excluding tert-OH is 2. The predicted molar refractivity (Wildman–Crippen MR) is 116 cm³/mol. The molecule has 0 saturated heterocycles. The van der Waals surface area contributed by atoms with E-state index < -0.39 is 29.5 Å². The molecule has 0 bridgehead atoms. The lowest BCUT2D eigenvalue weighted by Gasteiger charge is -2.29. The minimum atomic E-state index is -1.32. The number of anilines is 1. The van der Waals surface area contributed by atoms with E-state index in [1.54, 1.807) is 41.5 Å². The normalized spacial score (nSPS) is 12.5. The molecule has 0 aliphatic heterocycles. The lowest BCUT2D eigenvalue weighted by molar-refractivity contribution is 0.0109. The first-order chi connectivity index (χ1) is 14.2. The minimum absolute atomic E-state index is 0.00880. The highest BCUT2D eigenvalue weighted by Gasteiger charge is 2.26.